The van der Waals surface area contributed by atoms with Gasteiger partial charge in [0.2, 0.25) is 11.8 Å². The van der Waals surface area contributed by atoms with Gasteiger partial charge in [-0.1, -0.05) is 0 Å². The van der Waals surface area contributed by atoms with Crippen LogP contribution in [0.4, 0.5) is 10.1 Å². The van der Waals surface area contributed by atoms with Gasteiger partial charge < -0.3 is 10.6 Å². The number of aromatic nitrogens is 1. The van der Waals surface area contributed by atoms with Crippen molar-refractivity contribution < 1.29 is 14.0 Å². The third kappa shape index (κ3) is 3.28. The van der Waals surface area contributed by atoms with Gasteiger partial charge in [0.05, 0.1) is 16.6 Å². The van der Waals surface area contributed by atoms with Crippen LogP contribution in [0.3, 0.4) is 0 Å². The van der Waals surface area contributed by atoms with Crippen LogP contribution in [-0.4, -0.2) is 23.3 Å². The Balaban J connectivity index is 1.41. The summed E-state index contributed by atoms with van der Waals surface area (Å²) in [4.78, 5) is 30.3. The van der Waals surface area contributed by atoms with Crippen molar-refractivity contribution in [3.8, 4) is 0 Å². The van der Waals surface area contributed by atoms with Crippen molar-refractivity contribution in [1.29, 1.82) is 0 Å². The lowest BCUT2D eigenvalue weighted by molar-refractivity contribution is -0.126. The van der Waals surface area contributed by atoms with E-state index in [4.69, 9.17) is 0 Å². The summed E-state index contributed by atoms with van der Waals surface area (Å²) in [5, 5.41) is 6.59. The maximum Gasteiger partial charge on any atom is 0.228 e. The Hall–Kier alpha value is -2.28. The summed E-state index contributed by atoms with van der Waals surface area (Å²) in [7, 11) is 0. The molecule has 0 bridgehead atoms. The molecule has 5 nitrogen and oxygen atoms in total. The van der Waals surface area contributed by atoms with Crippen LogP contribution >= 0.6 is 11.3 Å². The van der Waals surface area contributed by atoms with Gasteiger partial charge in [-0.05, 0) is 43.0 Å². The Morgan fingerprint density at radius 2 is 2.28 bits per heavy atom. The molecule has 2 N–H and O–H groups in total. The van der Waals surface area contributed by atoms with Crippen molar-refractivity contribution in [3.05, 3.63) is 45.2 Å². The molecule has 0 fully saturated rings. The van der Waals surface area contributed by atoms with Crippen molar-refractivity contribution in [2.45, 2.75) is 38.0 Å². The van der Waals surface area contributed by atoms with Gasteiger partial charge in [-0.2, -0.15) is 0 Å². The molecule has 0 radical (unpaired) electrons. The molecular weight excluding hydrogens is 341 g/mol. The highest BCUT2D eigenvalue weighted by molar-refractivity contribution is 7.11. The summed E-state index contributed by atoms with van der Waals surface area (Å²) in [6.45, 7) is 0.466. The normalized spacial score (nSPS) is 18.4. The fraction of sp³-hybridized carbons (Fsp3) is 0.389. The van der Waals surface area contributed by atoms with Gasteiger partial charge in [-0.3, -0.25) is 9.59 Å². The largest absolute Gasteiger partial charge is 0.355 e. The van der Waals surface area contributed by atoms with Crippen LogP contribution in [0.5, 0.6) is 0 Å². The van der Waals surface area contributed by atoms with E-state index in [1.165, 1.54) is 35.2 Å². The first kappa shape index (κ1) is 16.2. The molecule has 0 unspecified atom stereocenters. The Labute approximate surface area is 148 Å². The van der Waals surface area contributed by atoms with E-state index in [1.54, 1.807) is 11.3 Å². The van der Waals surface area contributed by atoms with Gasteiger partial charge in [0, 0.05) is 30.0 Å². The second kappa shape index (κ2) is 6.55. The summed E-state index contributed by atoms with van der Waals surface area (Å²) >= 11 is 1.72. The second-order valence-electron chi connectivity index (χ2n) is 6.41. The molecule has 1 aromatic heterocycles. The van der Waals surface area contributed by atoms with Crippen molar-refractivity contribution in [1.82, 2.24) is 10.3 Å². The smallest absolute Gasteiger partial charge is 0.228 e. The lowest BCUT2D eigenvalue weighted by Gasteiger charge is -2.24. The molecule has 1 aromatic carbocycles. The number of carbonyl (C=O) groups excluding carboxylic acids is 2. The Morgan fingerprint density at radius 1 is 1.40 bits per heavy atom. The zero-order valence-corrected chi connectivity index (χ0v) is 14.4. The Kier molecular flexibility index (Phi) is 4.25. The first-order valence-electron chi connectivity index (χ1n) is 8.44. The number of carbonyl (C=O) groups is 2. The number of anilines is 1. The van der Waals surface area contributed by atoms with E-state index in [2.05, 4.69) is 15.6 Å². The highest BCUT2D eigenvalue weighted by Gasteiger charge is 2.31. The maximum atomic E-state index is 13.5. The summed E-state index contributed by atoms with van der Waals surface area (Å²) in [5.74, 6) is -1.54. The number of amides is 2. The predicted molar refractivity (Wildman–Crippen MR) is 93.2 cm³/mol. The quantitative estimate of drug-likeness (QED) is 0.881. The van der Waals surface area contributed by atoms with Crippen LogP contribution in [-0.2, 0) is 28.9 Å². The first-order chi connectivity index (χ1) is 12.1. The molecule has 7 heteroatoms. The molecule has 0 saturated carbocycles. The summed E-state index contributed by atoms with van der Waals surface area (Å²) in [6.07, 6.45) is 4.06. The average Bonchev–Trinajstić information content (AvgIpc) is 3.16. The molecule has 1 aliphatic carbocycles. The van der Waals surface area contributed by atoms with Crippen LogP contribution < -0.4 is 10.6 Å². The maximum absolute atomic E-state index is 13.5. The van der Waals surface area contributed by atoms with Crippen molar-refractivity contribution in [2.75, 3.05) is 11.9 Å². The number of halogens is 1. The number of hydrogen-bond acceptors (Lipinski definition) is 4. The summed E-state index contributed by atoms with van der Waals surface area (Å²) in [5.41, 5.74) is 2.25. The third-order valence-electron chi connectivity index (χ3n) is 4.65. The van der Waals surface area contributed by atoms with Crippen LogP contribution in [0.1, 0.15) is 39.9 Å². The standard InChI is InChI=1S/C18H18FN3O2S/c19-10-4-5-13-11(8-10)12(9-16(23)21-13)18(24)20-7-6-17-22-14-2-1-3-15(14)25-17/h4-5,8,12H,1-3,6-7,9H2,(H,20,24)(H,21,23)/t12-/m0/s1. The molecule has 130 valence electrons. The molecule has 1 aliphatic heterocycles. The lowest BCUT2D eigenvalue weighted by Crippen LogP contribution is -2.36. The molecule has 0 spiro atoms. The fourth-order valence-corrected chi connectivity index (χ4v) is 4.59. The number of thiazole rings is 1. The van der Waals surface area contributed by atoms with E-state index < -0.39 is 11.7 Å². The SMILES string of the molecule is O=C1C[C@H](C(=O)NCCc2nc3c(s2)CCC3)c2cc(F)ccc2N1. The minimum atomic E-state index is -0.652. The topological polar surface area (TPSA) is 71.1 Å². The zero-order chi connectivity index (χ0) is 17.4. The molecule has 2 heterocycles. The van der Waals surface area contributed by atoms with Gasteiger partial charge in [0.1, 0.15) is 5.82 Å². The van der Waals surface area contributed by atoms with Crippen molar-refractivity contribution >= 4 is 28.8 Å². The molecule has 2 aromatic rings. The lowest BCUT2D eigenvalue weighted by atomic mass is 9.89. The van der Waals surface area contributed by atoms with Crippen LogP contribution in [0, 0.1) is 5.82 Å². The van der Waals surface area contributed by atoms with E-state index in [0.717, 1.165) is 17.8 Å². The molecule has 2 amide bonds. The number of hydrogen-bond donors (Lipinski definition) is 2. The summed E-state index contributed by atoms with van der Waals surface area (Å²) < 4.78 is 13.5. The fourth-order valence-electron chi connectivity index (χ4n) is 3.43. The number of rotatable bonds is 4. The zero-order valence-electron chi connectivity index (χ0n) is 13.6. The van der Waals surface area contributed by atoms with Gasteiger partial charge in [-0.25, -0.2) is 9.37 Å². The Morgan fingerprint density at radius 3 is 3.12 bits per heavy atom. The molecule has 1 atom stereocenters. The molecule has 2 aliphatic rings. The van der Waals surface area contributed by atoms with E-state index in [-0.39, 0.29) is 18.2 Å². The molecule has 25 heavy (non-hydrogen) atoms. The Bertz CT molecular complexity index is 827. The predicted octanol–water partition coefficient (Wildman–Crippen LogP) is 2.56. The van der Waals surface area contributed by atoms with Crippen molar-refractivity contribution in [3.63, 3.8) is 0 Å². The van der Waals surface area contributed by atoms with E-state index in [9.17, 15) is 14.0 Å². The van der Waals surface area contributed by atoms with E-state index >= 15 is 0 Å². The van der Waals surface area contributed by atoms with Gasteiger partial charge in [0.15, 0.2) is 0 Å². The number of aryl methyl sites for hydroxylation is 2. The van der Waals surface area contributed by atoms with Crippen LogP contribution in [0.25, 0.3) is 0 Å². The molecule has 0 saturated heterocycles. The van der Waals surface area contributed by atoms with Crippen molar-refractivity contribution in [2.24, 2.45) is 0 Å². The van der Waals surface area contributed by atoms with Gasteiger partial charge in [0.25, 0.3) is 0 Å². The van der Waals surface area contributed by atoms with E-state index in [0.29, 0.717) is 24.2 Å². The summed E-state index contributed by atoms with van der Waals surface area (Å²) in [6, 6.07) is 4.10. The van der Waals surface area contributed by atoms with Gasteiger partial charge >= 0.3 is 0 Å². The minimum Gasteiger partial charge on any atom is -0.355 e. The second-order valence-corrected chi connectivity index (χ2v) is 7.58. The molecular formula is C18H18FN3O2S. The first-order valence-corrected chi connectivity index (χ1v) is 9.26. The number of nitrogens with zero attached hydrogens (tertiary/aromatic N) is 1. The monoisotopic (exact) mass is 359 g/mol. The number of fused-ring (bicyclic) bond motifs is 2. The minimum absolute atomic E-state index is 0.0356. The highest BCUT2D eigenvalue weighted by atomic mass is 32.1. The third-order valence-corrected chi connectivity index (χ3v) is 5.86. The number of benzene rings is 1. The van der Waals surface area contributed by atoms with E-state index in [1.807, 2.05) is 0 Å². The van der Waals surface area contributed by atoms with Crippen LogP contribution in [0.2, 0.25) is 0 Å². The van der Waals surface area contributed by atoms with Crippen LogP contribution in [0.15, 0.2) is 18.2 Å². The average molecular weight is 359 g/mol. The number of nitrogens with one attached hydrogen (secondary N) is 2. The molecule has 4 rings (SSSR count). The highest BCUT2D eigenvalue weighted by Crippen LogP contribution is 2.33. The van der Waals surface area contributed by atoms with Gasteiger partial charge in [-0.15, -0.1) is 11.3 Å².